The van der Waals surface area contributed by atoms with Crippen molar-refractivity contribution >= 4 is 22.8 Å². The summed E-state index contributed by atoms with van der Waals surface area (Å²) in [6.07, 6.45) is 2.74. The molecule has 0 aromatic heterocycles. The maximum atomic E-state index is 12.2. The maximum Gasteiger partial charge on any atom is 0.153 e. The summed E-state index contributed by atoms with van der Waals surface area (Å²) in [6, 6.07) is 7.23. The summed E-state index contributed by atoms with van der Waals surface area (Å²) in [4.78, 5) is 3.11. The summed E-state index contributed by atoms with van der Waals surface area (Å²) >= 11 is 4.87. The number of nitrogens with zero attached hydrogens (tertiary/aromatic N) is 1. The van der Waals surface area contributed by atoms with Crippen LogP contribution in [0.4, 0.5) is 0 Å². The molecule has 1 aliphatic rings. The fourth-order valence-corrected chi connectivity index (χ4v) is 3.57. The van der Waals surface area contributed by atoms with Crippen LogP contribution in [0.2, 0.25) is 5.02 Å². The van der Waals surface area contributed by atoms with E-state index in [-0.39, 0.29) is 11.9 Å². The van der Waals surface area contributed by atoms with Crippen LogP contribution in [0.1, 0.15) is 6.42 Å². The molecule has 1 fully saturated rings. The zero-order chi connectivity index (χ0) is 13.0. The van der Waals surface area contributed by atoms with E-state index < -0.39 is 11.2 Å². The zero-order valence-corrected chi connectivity index (χ0v) is 11.7. The van der Waals surface area contributed by atoms with E-state index in [2.05, 4.69) is 4.90 Å². The molecular formula is C13H17ClNO2S. The predicted molar refractivity (Wildman–Crippen MR) is 74.1 cm³/mol. The molecule has 5 heteroatoms. The van der Waals surface area contributed by atoms with Crippen LogP contribution in [0.15, 0.2) is 29.2 Å². The van der Waals surface area contributed by atoms with Crippen molar-refractivity contribution in [3.8, 4) is 0 Å². The fraction of sp³-hybridized carbons (Fsp3) is 0.462. The van der Waals surface area contributed by atoms with Crippen LogP contribution in [-0.4, -0.2) is 46.1 Å². The molecule has 18 heavy (non-hydrogen) atoms. The smallest absolute Gasteiger partial charge is 0.153 e. The highest BCUT2D eigenvalue weighted by molar-refractivity contribution is 7.92. The molecule has 1 aromatic carbocycles. The van der Waals surface area contributed by atoms with Crippen LogP contribution < -0.4 is 0 Å². The van der Waals surface area contributed by atoms with Gasteiger partial charge in [0.1, 0.15) is 5.25 Å². The largest absolute Gasteiger partial charge is 0.611 e. The van der Waals surface area contributed by atoms with Crippen molar-refractivity contribution in [2.24, 2.45) is 0 Å². The number of hydrogen-bond donors (Lipinski definition) is 1. The van der Waals surface area contributed by atoms with Crippen LogP contribution in [-0.2, 0) is 11.2 Å². The predicted octanol–water partition coefficient (Wildman–Crippen LogP) is 1.72. The van der Waals surface area contributed by atoms with Gasteiger partial charge in [0.05, 0.1) is 0 Å². The van der Waals surface area contributed by atoms with Gasteiger partial charge >= 0.3 is 0 Å². The first-order chi connectivity index (χ1) is 8.70. The molecule has 1 atom stereocenters. The first-order valence-corrected chi connectivity index (χ1v) is 7.61. The van der Waals surface area contributed by atoms with Crippen molar-refractivity contribution in [1.82, 2.24) is 4.90 Å². The number of aliphatic hydroxyl groups is 1. The van der Waals surface area contributed by atoms with Crippen molar-refractivity contribution in [1.29, 1.82) is 0 Å². The van der Waals surface area contributed by atoms with E-state index in [1.807, 2.05) is 18.6 Å². The standard InChI is InChI=1S/C13H17ClNO2S/c14-11-3-5-12(6-4-11)18(17)13-9-15(10-13)7-1-2-8-16/h2-6,13,16H,1,7-10H2/t18-/m1/s1. The summed E-state index contributed by atoms with van der Waals surface area (Å²) in [6.45, 7) is 2.81. The Kier molecular flexibility index (Phi) is 5.33. The molecule has 1 radical (unpaired) electrons. The molecule has 0 amide bonds. The highest BCUT2D eigenvalue weighted by Crippen LogP contribution is 2.24. The second-order valence-corrected chi connectivity index (χ2v) is 6.56. The molecule has 3 nitrogen and oxygen atoms in total. The van der Waals surface area contributed by atoms with Gasteiger partial charge in [0.2, 0.25) is 0 Å². The number of halogens is 1. The third kappa shape index (κ3) is 3.62. The van der Waals surface area contributed by atoms with Gasteiger partial charge in [-0.15, -0.1) is 0 Å². The zero-order valence-electron chi connectivity index (χ0n) is 10.1. The van der Waals surface area contributed by atoms with Gasteiger partial charge in [0.15, 0.2) is 4.90 Å². The molecule has 0 bridgehead atoms. The lowest BCUT2D eigenvalue weighted by Crippen LogP contribution is -2.54. The molecule has 2 rings (SSSR count). The number of unbranched alkanes of at least 4 members (excludes halogenated alkanes) is 1. The Labute approximate surface area is 116 Å². The van der Waals surface area contributed by atoms with Gasteiger partial charge in [-0.05, 0) is 54.8 Å². The quantitative estimate of drug-likeness (QED) is 0.640. The van der Waals surface area contributed by atoms with Gasteiger partial charge in [-0.2, -0.15) is 0 Å². The number of aliphatic hydroxyl groups excluding tert-OH is 1. The van der Waals surface area contributed by atoms with E-state index in [0.717, 1.165) is 31.0 Å². The average Bonchev–Trinajstić information content (AvgIpc) is 2.32. The minimum atomic E-state index is -0.938. The van der Waals surface area contributed by atoms with E-state index in [4.69, 9.17) is 16.7 Å². The van der Waals surface area contributed by atoms with Crippen molar-refractivity contribution in [3.63, 3.8) is 0 Å². The number of benzene rings is 1. The highest BCUT2D eigenvalue weighted by atomic mass is 35.5. The Hall–Kier alpha value is -0.260. The second kappa shape index (κ2) is 6.78. The number of likely N-dealkylation sites (tertiary alicyclic amines) is 1. The lowest BCUT2D eigenvalue weighted by Gasteiger charge is -2.39. The van der Waals surface area contributed by atoms with Crippen LogP contribution in [0.5, 0.6) is 0 Å². The Bertz CT molecular complexity index is 368. The Morgan fingerprint density at radius 3 is 2.67 bits per heavy atom. The maximum absolute atomic E-state index is 12.2. The first-order valence-electron chi connectivity index (χ1n) is 6.01. The SMILES string of the molecule is [O-][S@+](c1ccc(Cl)cc1)C1CN(CC[CH]CO)C1. The number of hydrogen-bond acceptors (Lipinski definition) is 3. The lowest BCUT2D eigenvalue weighted by atomic mass is 10.2. The van der Waals surface area contributed by atoms with E-state index in [1.54, 1.807) is 12.1 Å². The van der Waals surface area contributed by atoms with Gasteiger partial charge in [0, 0.05) is 24.7 Å². The molecule has 1 aliphatic heterocycles. The van der Waals surface area contributed by atoms with Gasteiger partial charge in [-0.1, -0.05) is 11.6 Å². The van der Waals surface area contributed by atoms with E-state index in [1.165, 1.54) is 0 Å². The summed E-state index contributed by atoms with van der Waals surface area (Å²) < 4.78 is 12.2. The lowest BCUT2D eigenvalue weighted by molar-refractivity contribution is 0.183. The van der Waals surface area contributed by atoms with Gasteiger partial charge in [0.25, 0.3) is 0 Å². The van der Waals surface area contributed by atoms with Gasteiger partial charge in [-0.3, -0.25) is 4.90 Å². The van der Waals surface area contributed by atoms with Gasteiger partial charge in [-0.25, -0.2) is 0 Å². The molecule has 0 aliphatic carbocycles. The average molecular weight is 287 g/mol. The fourth-order valence-electron chi connectivity index (χ4n) is 1.97. The van der Waals surface area contributed by atoms with Crippen molar-refractivity contribution in [3.05, 3.63) is 35.7 Å². The topological polar surface area (TPSA) is 46.5 Å². The molecule has 1 saturated heterocycles. The minimum Gasteiger partial charge on any atom is -0.611 e. The summed E-state index contributed by atoms with van der Waals surface area (Å²) in [7, 11) is 0. The van der Waals surface area contributed by atoms with Crippen LogP contribution in [0.3, 0.4) is 0 Å². The van der Waals surface area contributed by atoms with E-state index in [9.17, 15) is 4.55 Å². The van der Waals surface area contributed by atoms with Crippen molar-refractivity contribution in [2.45, 2.75) is 16.6 Å². The highest BCUT2D eigenvalue weighted by Gasteiger charge is 2.36. The molecule has 0 spiro atoms. The molecular weight excluding hydrogens is 270 g/mol. The Morgan fingerprint density at radius 1 is 1.39 bits per heavy atom. The normalized spacial score (nSPS) is 18.6. The minimum absolute atomic E-state index is 0.133. The van der Waals surface area contributed by atoms with Crippen molar-refractivity contribution in [2.75, 3.05) is 26.2 Å². The monoisotopic (exact) mass is 286 g/mol. The number of rotatable bonds is 6. The third-order valence-corrected chi connectivity index (χ3v) is 4.94. The van der Waals surface area contributed by atoms with Crippen LogP contribution >= 0.6 is 11.6 Å². The van der Waals surface area contributed by atoms with Crippen LogP contribution in [0.25, 0.3) is 0 Å². The molecule has 0 saturated carbocycles. The van der Waals surface area contributed by atoms with Crippen LogP contribution in [0, 0.1) is 6.42 Å². The summed E-state index contributed by atoms with van der Waals surface area (Å²) in [5.41, 5.74) is 0. The molecule has 1 aromatic rings. The third-order valence-electron chi connectivity index (χ3n) is 3.05. The van der Waals surface area contributed by atoms with E-state index in [0.29, 0.717) is 5.02 Å². The Balaban J connectivity index is 1.76. The summed E-state index contributed by atoms with van der Waals surface area (Å²) in [5, 5.41) is 9.54. The second-order valence-electron chi connectivity index (χ2n) is 4.39. The summed E-state index contributed by atoms with van der Waals surface area (Å²) in [5.74, 6) is 0. The molecule has 0 unspecified atom stereocenters. The van der Waals surface area contributed by atoms with E-state index >= 15 is 0 Å². The van der Waals surface area contributed by atoms with Crippen molar-refractivity contribution < 1.29 is 9.66 Å². The molecule has 99 valence electrons. The van der Waals surface area contributed by atoms with Gasteiger partial charge < -0.3 is 9.66 Å². The Morgan fingerprint density at radius 2 is 2.06 bits per heavy atom. The molecule has 1 heterocycles. The molecule has 1 N–H and O–H groups in total. The first kappa shape index (κ1) is 14.2.